The Kier molecular flexibility index (Phi) is 8.26. The molecule has 0 atom stereocenters. The van der Waals surface area contributed by atoms with Crippen LogP contribution in [0.4, 0.5) is 8.78 Å². The Labute approximate surface area is 162 Å². The number of aromatic nitrogens is 1. The summed E-state index contributed by atoms with van der Waals surface area (Å²) in [6.07, 6.45) is 2.48. The molecule has 27 heavy (non-hydrogen) atoms. The van der Waals surface area contributed by atoms with Crippen LogP contribution in [0.1, 0.15) is 23.6 Å². The van der Waals surface area contributed by atoms with Crippen LogP contribution in [-0.4, -0.2) is 30.6 Å². The predicted molar refractivity (Wildman–Crippen MR) is 104 cm³/mol. The molecule has 0 fully saturated rings. The molecule has 5 nitrogen and oxygen atoms in total. The maximum absolute atomic E-state index is 12.6. The summed E-state index contributed by atoms with van der Waals surface area (Å²) in [5, 5.41) is 6.81. The lowest BCUT2D eigenvalue weighted by atomic mass is 10.1. The first-order valence-corrected chi connectivity index (χ1v) is 9.02. The van der Waals surface area contributed by atoms with Gasteiger partial charge in [0.1, 0.15) is 10.9 Å². The maximum Gasteiger partial charge on any atom is 0.387 e. The van der Waals surface area contributed by atoms with Gasteiger partial charge >= 0.3 is 6.61 Å². The number of hydrogen-bond acceptors (Lipinski definition) is 3. The van der Waals surface area contributed by atoms with Gasteiger partial charge in [-0.15, -0.1) is 0 Å². The van der Waals surface area contributed by atoms with E-state index in [1.54, 1.807) is 30.5 Å². The molecule has 0 bridgehead atoms. The van der Waals surface area contributed by atoms with Gasteiger partial charge in [0.15, 0.2) is 5.96 Å². The van der Waals surface area contributed by atoms with Crippen LogP contribution in [0, 0.1) is 6.92 Å². The normalized spacial score (nSPS) is 11.6. The average molecular weight is 397 g/mol. The van der Waals surface area contributed by atoms with Crippen LogP contribution in [0.25, 0.3) is 0 Å². The Morgan fingerprint density at radius 1 is 1.26 bits per heavy atom. The quantitative estimate of drug-likeness (QED) is 0.403. The summed E-state index contributed by atoms with van der Waals surface area (Å²) in [6.45, 7) is 2.53. The molecule has 1 heterocycles. The van der Waals surface area contributed by atoms with Gasteiger partial charge in [-0.05, 0) is 38.0 Å². The fourth-order valence-electron chi connectivity index (χ4n) is 2.43. The highest BCUT2D eigenvalue weighted by Gasteiger charge is 2.10. The van der Waals surface area contributed by atoms with E-state index in [1.165, 1.54) is 0 Å². The molecule has 146 valence electrons. The molecular formula is C19H23ClF2N4O. The minimum atomic E-state index is -2.87. The van der Waals surface area contributed by atoms with Gasteiger partial charge < -0.3 is 15.4 Å². The molecule has 0 saturated carbocycles. The molecule has 0 aliphatic carbocycles. The number of nitrogens with zero attached hydrogens (tertiary/aromatic N) is 2. The Bertz CT molecular complexity index is 754. The highest BCUT2D eigenvalue weighted by atomic mass is 35.5. The Morgan fingerprint density at radius 2 is 2.07 bits per heavy atom. The van der Waals surface area contributed by atoms with Crippen LogP contribution in [0.15, 0.2) is 41.5 Å². The molecule has 0 unspecified atom stereocenters. The third-order valence-corrected chi connectivity index (χ3v) is 3.90. The van der Waals surface area contributed by atoms with Crippen molar-refractivity contribution in [3.05, 3.63) is 58.4 Å². The van der Waals surface area contributed by atoms with Crippen LogP contribution in [0.5, 0.6) is 5.75 Å². The second-order valence-electron chi connectivity index (χ2n) is 5.85. The van der Waals surface area contributed by atoms with Crippen molar-refractivity contribution >= 4 is 17.6 Å². The van der Waals surface area contributed by atoms with E-state index in [2.05, 4.69) is 25.3 Å². The van der Waals surface area contributed by atoms with Gasteiger partial charge in [-0.25, -0.2) is 9.98 Å². The molecule has 0 aliphatic rings. The maximum atomic E-state index is 12.6. The van der Waals surface area contributed by atoms with Gasteiger partial charge in [-0.2, -0.15) is 8.78 Å². The van der Waals surface area contributed by atoms with Crippen molar-refractivity contribution in [1.29, 1.82) is 0 Å². The number of alkyl halides is 2. The Balaban J connectivity index is 2.00. The van der Waals surface area contributed by atoms with Gasteiger partial charge in [-0.3, -0.25) is 0 Å². The molecule has 1 aromatic heterocycles. The average Bonchev–Trinajstić information content (AvgIpc) is 2.63. The zero-order valence-corrected chi connectivity index (χ0v) is 16.1. The molecule has 0 amide bonds. The lowest BCUT2D eigenvalue weighted by Crippen LogP contribution is -2.38. The first-order chi connectivity index (χ1) is 13.0. The number of ether oxygens (including phenoxy) is 1. The van der Waals surface area contributed by atoms with Gasteiger partial charge in [0.05, 0.1) is 6.54 Å². The van der Waals surface area contributed by atoms with Gasteiger partial charge in [0.25, 0.3) is 0 Å². The van der Waals surface area contributed by atoms with Crippen molar-refractivity contribution in [2.75, 3.05) is 13.1 Å². The van der Waals surface area contributed by atoms with E-state index >= 15 is 0 Å². The van der Waals surface area contributed by atoms with Crippen molar-refractivity contribution in [1.82, 2.24) is 15.6 Å². The number of halogens is 3. The van der Waals surface area contributed by atoms with E-state index in [4.69, 9.17) is 11.6 Å². The SMILES string of the molecule is CCNC(=NCc1cc(C)ccc1OC(F)F)NCCc1ccc(Cl)nc1. The fraction of sp³-hybridized carbons (Fsp3) is 0.368. The van der Waals surface area contributed by atoms with Gasteiger partial charge in [0.2, 0.25) is 0 Å². The molecule has 8 heteroatoms. The van der Waals surface area contributed by atoms with E-state index in [0.29, 0.717) is 29.8 Å². The van der Waals surface area contributed by atoms with Crippen molar-refractivity contribution < 1.29 is 13.5 Å². The van der Waals surface area contributed by atoms with E-state index < -0.39 is 6.61 Å². The van der Waals surface area contributed by atoms with Crippen molar-refractivity contribution in [3.63, 3.8) is 0 Å². The van der Waals surface area contributed by atoms with Crippen LogP contribution < -0.4 is 15.4 Å². The summed E-state index contributed by atoms with van der Waals surface area (Å²) < 4.78 is 29.7. The number of nitrogens with one attached hydrogen (secondary N) is 2. The number of benzene rings is 1. The molecule has 0 spiro atoms. The van der Waals surface area contributed by atoms with Crippen LogP contribution >= 0.6 is 11.6 Å². The van der Waals surface area contributed by atoms with Crippen molar-refractivity contribution in [2.45, 2.75) is 33.4 Å². The zero-order valence-electron chi connectivity index (χ0n) is 15.3. The Morgan fingerprint density at radius 3 is 2.74 bits per heavy atom. The summed E-state index contributed by atoms with van der Waals surface area (Å²) in [7, 11) is 0. The minimum absolute atomic E-state index is 0.141. The van der Waals surface area contributed by atoms with E-state index in [9.17, 15) is 8.78 Å². The summed E-state index contributed by atoms with van der Waals surface area (Å²) in [5.41, 5.74) is 2.61. The number of aliphatic imine (C=N–C) groups is 1. The second-order valence-corrected chi connectivity index (χ2v) is 6.24. The summed E-state index contributed by atoms with van der Waals surface area (Å²) in [6, 6.07) is 8.74. The van der Waals surface area contributed by atoms with E-state index in [-0.39, 0.29) is 12.3 Å². The molecular weight excluding hydrogens is 374 g/mol. The van der Waals surface area contributed by atoms with Crippen LogP contribution in [0.2, 0.25) is 5.15 Å². The smallest absolute Gasteiger partial charge is 0.387 e. The third kappa shape index (κ3) is 7.38. The number of rotatable bonds is 8. The third-order valence-electron chi connectivity index (χ3n) is 3.68. The molecule has 0 saturated heterocycles. The standard InChI is InChI=1S/C19H23ClF2N4O/c1-3-23-19(24-9-8-14-5-7-17(20)25-11-14)26-12-15-10-13(2)4-6-16(15)27-18(21)22/h4-7,10-11,18H,3,8-9,12H2,1-2H3,(H2,23,24,26). The molecule has 1 aromatic carbocycles. The fourth-order valence-corrected chi connectivity index (χ4v) is 2.54. The van der Waals surface area contributed by atoms with E-state index in [1.807, 2.05) is 19.9 Å². The molecule has 2 rings (SSSR count). The lowest BCUT2D eigenvalue weighted by Gasteiger charge is -2.13. The number of guanidine groups is 1. The molecule has 0 aliphatic heterocycles. The number of hydrogen-bond donors (Lipinski definition) is 2. The number of aryl methyl sites for hydroxylation is 1. The minimum Gasteiger partial charge on any atom is -0.434 e. The second kappa shape index (κ2) is 10.7. The highest BCUT2D eigenvalue weighted by molar-refractivity contribution is 6.29. The summed E-state index contributed by atoms with van der Waals surface area (Å²) in [5.74, 6) is 0.742. The van der Waals surface area contributed by atoms with E-state index in [0.717, 1.165) is 17.5 Å². The molecule has 2 aromatic rings. The monoisotopic (exact) mass is 396 g/mol. The van der Waals surface area contributed by atoms with Gasteiger partial charge in [0, 0.05) is 24.8 Å². The largest absolute Gasteiger partial charge is 0.434 e. The van der Waals surface area contributed by atoms with Crippen molar-refractivity contribution in [3.8, 4) is 5.75 Å². The molecule has 0 radical (unpaired) electrons. The highest BCUT2D eigenvalue weighted by Crippen LogP contribution is 2.22. The first-order valence-electron chi connectivity index (χ1n) is 8.65. The number of pyridine rings is 1. The zero-order chi connectivity index (χ0) is 19.6. The van der Waals surface area contributed by atoms with Crippen LogP contribution in [0.3, 0.4) is 0 Å². The summed E-state index contributed by atoms with van der Waals surface area (Å²) in [4.78, 5) is 8.52. The topological polar surface area (TPSA) is 58.5 Å². The molecule has 2 N–H and O–H groups in total. The van der Waals surface area contributed by atoms with Crippen LogP contribution in [-0.2, 0) is 13.0 Å². The summed E-state index contributed by atoms with van der Waals surface area (Å²) >= 11 is 5.78. The Hall–Kier alpha value is -2.41. The first kappa shape index (κ1) is 20.9. The predicted octanol–water partition coefficient (Wildman–Crippen LogP) is 3.94. The van der Waals surface area contributed by atoms with Gasteiger partial charge in [-0.1, -0.05) is 35.4 Å². The van der Waals surface area contributed by atoms with Crippen molar-refractivity contribution in [2.24, 2.45) is 4.99 Å². The lowest BCUT2D eigenvalue weighted by molar-refractivity contribution is -0.0504.